The van der Waals surface area contributed by atoms with Crippen LogP contribution in [0.1, 0.15) is 32.1 Å². The molecule has 0 aromatic rings. The van der Waals surface area contributed by atoms with Gasteiger partial charge in [0.25, 0.3) is 0 Å². The van der Waals surface area contributed by atoms with Gasteiger partial charge in [-0.2, -0.15) is 0 Å². The maximum absolute atomic E-state index is 11.9. The van der Waals surface area contributed by atoms with Crippen LogP contribution in [0.4, 0.5) is 0 Å². The zero-order chi connectivity index (χ0) is 13.4. The van der Waals surface area contributed by atoms with Gasteiger partial charge in [-0.15, -0.1) is 0 Å². The Morgan fingerprint density at radius 1 is 1.33 bits per heavy atom. The van der Waals surface area contributed by atoms with Gasteiger partial charge < -0.3 is 15.6 Å². The van der Waals surface area contributed by atoms with Crippen LogP contribution in [0.5, 0.6) is 0 Å². The van der Waals surface area contributed by atoms with Gasteiger partial charge in [0.15, 0.2) is 9.84 Å². The van der Waals surface area contributed by atoms with Crippen molar-refractivity contribution in [2.24, 2.45) is 11.1 Å². The zero-order valence-corrected chi connectivity index (χ0v) is 11.7. The predicted octanol–water partition coefficient (Wildman–Crippen LogP) is 0.0701. The molecule has 6 heteroatoms. The molecular weight excluding hydrogens is 254 g/mol. The molecule has 2 atom stereocenters. The molecule has 0 amide bonds. The monoisotopic (exact) mass is 277 g/mol. The standard InChI is InChI=1S/C12H23NO4S/c1-18(15,16)10-3-2-4-12(10,14)11(9-13)5-7-17-8-6-11/h10,14H,2-9,13H2,1H3. The topological polar surface area (TPSA) is 89.6 Å². The van der Waals surface area contributed by atoms with Crippen molar-refractivity contribution in [2.45, 2.75) is 43.0 Å². The van der Waals surface area contributed by atoms with Crippen LogP contribution in [0.15, 0.2) is 0 Å². The summed E-state index contributed by atoms with van der Waals surface area (Å²) in [5, 5.41) is 10.4. The zero-order valence-electron chi connectivity index (χ0n) is 10.9. The van der Waals surface area contributed by atoms with E-state index in [0.717, 1.165) is 6.42 Å². The molecule has 3 N–H and O–H groups in total. The summed E-state index contributed by atoms with van der Waals surface area (Å²) in [6, 6.07) is 0. The Morgan fingerprint density at radius 3 is 2.44 bits per heavy atom. The van der Waals surface area contributed by atoms with Crippen molar-refractivity contribution in [3.63, 3.8) is 0 Å². The first-order valence-electron chi connectivity index (χ1n) is 6.55. The molecular formula is C12H23NO4S. The van der Waals surface area contributed by atoms with Crippen molar-refractivity contribution in [1.29, 1.82) is 0 Å². The van der Waals surface area contributed by atoms with Crippen molar-refractivity contribution in [3.05, 3.63) is 0 Å². The molecule has 0 aromatic heterocycles. The van der Waals surface area contributed by atoms with Crippen LogP contribution in [0, 0.1) is 5.41 Å². The summed E-state index contributed by atoms with van der Waals surface area (Å²) in [5.41, 5.74) is 4.21. The van der Waals surface area contributed by atoms with Crippen molar-refractivity contribution < 1.29 is 18.3 Å². The van der Waals surface area contributed by atoms with Gasteiger partial charge in [-0.05, 0) is 32.1 Å². The average molecular weight is 277 g/mol. The van der Waals surface area contributed by atoms with E-state index in [0.29, 0.717) is 45.4 Å². The largest absolute Gasteiger partial charge is 0.388 e. The van der Waals surface area contributed by atoms with E-state index in [1.807, 2.05) is 0 Å². The minimum absolute atomic E-state index is 0.318. The number of hydrogen-bond acceptors (Lipinski definition) is 5. The molecule has 0 spiro atoms. The molecule has 1 heterocycles. The highest BCUT2D eigenvalue weighted by molar-refractivity contribution is 7.91. The Kier molecular flexibility index (Phi) is 3.75. The van der Waals surface area contributed by atoms with Crippen molar-refractivity contribution in [1.82, 2.24) is 0 Å². The molecule has 18 heavy (non-hydrogen) atoms. The lowest BCUT2D eigenvalue weighted by atomic mass is 9.65. The molecule has 2 rings (SSSR count). The van der Waals surface area contributed by atoms with Gasteiger partial charge in [-0.1, -0.05) is 0 Å². The molecule has 0 aromatic carbocycles. The molecule has 1 saturated heterocycles. The van der Waals surface area contributed by atoms with Crippen LogP contribution in [-0.4, -0.2) is 50.4 Å². The minimum Gasteiger partial charge on any atom is -0.388 e. The number of sulfone groups is 1. The van der Waals surface area contributed by atoms with Crippen LogP contribution >= 0.6 is 0 Å². The number of rotatable bonds is 3. The van der Waals surface area contributed by atoms with E-state index in [-0.39, 0.29) is 0 Å². The van der Waals surface area contributed by atoms with Crippen molar-refractivity contribution >= 4 is 9.84 Å². The third-order valence-corrected chi connectivity index (χ3v) is 6.49. The normalized spacial score (nSPS) is 36.7. The van der Waals surface area contributed by atoms with Crippen LogP contribution in [0.2, 0.25) is 0 Å². The molecule has 1 aliphatic heterocycles. The highest BCUT2D eigenvalue weighted by atomic mass is 32.2. The maximum Gasteiger partial charge on any atom is 0.153 e. The van der Waals surface area contributed by atoms with Crippen molar-refractivity contribution in [2.75, 3.05) is 26.0 Å². The van der Waals surface area contributed by atoms with Crippen LogP contribution in [-0.2, 0) is 14.6 Å². The molecule has 1 saturated carbocycles. The quantitative estimate of drug-likeness (QED) is 0.762. The summed E-state index contributed by atoms with van der Waals surface area (Å²) >= 11 is 0. The highest BCUT2D eigenvalue weighted by Crippen LogP contribution is 2.51. The number of hydrogen-bond donors (Lipinski definition) is 2. The third-order valence-electron chi connectivity index (χ3n) is 4.83. The second-order valence-electron chi connectivity index (χ2n) is 5.73. The summed E-state index contributed by atoms with van der Waals surface area (Å²) in [4.78, 5) is 0. The summed E-state index contributed by atoms with van der Waals surface area (Å²) in [5.74, 6) is 0. The fourth-order valence-corrected chi connectivity index (χ4v) is 5.38. The first-order chi connectivity index (χ1) is 8.36. The lowest BCUT2D eigenvalue weighted by molar-refractivity contribution is -0.122. The Balaban J connectivity index is 2.38. The first-order valence-corrected chi connectivity index (χ1v) is 8.50. The lowest BCUT2D eigenvalue weighted by Crippen LogP contribution is -2.60. The van der Waals surface area contributed by atoms with Crippen LogP contribution < -0.4 is 5.73 Å². The van der Waals surface area contributed by atoms with E-state index >= 15 is 0 Å². The van der Waals surface area contributed by atoms with Gasteiger partial charge in [-0.3, -0.25) is 0 Å². The van der Waals surface area contributed by atoms with E-state index < -0.39 is 26.1 Å². The molecule has 2 fully saturated rings. The molecule has 2 unspecified atom stereocenters. The maximum atomic E-state index is 11.9. The van der Waals surface area contributed by atoms with E-state index in [9.17, 15) is 13.5 Å². The smallest absolute Gasteiger partial charge is 0.153 e. The van der Waals surface area contributed by atoms with E-state index in [4.69, 9.17) is 10.5 Å². The second kappa shape index (κ2) is 4.74. The Morgan fingerprint density at radius 2 is 1.94 bits per heavy atom. The second-order valence-corrected chi connectivity index (χ2v) is 7.96. The average Bonchev–Trinajstić information content (AvgIpc) is 2.74. The van der Waals surface area contributed by atoms with Gasteiger partial charge in [0.2, 0.25) is 0 Å². The van der Waals surface area contributed by atoms with Crippen LogP contribution in [0.25, 0.3) is 0 Å². The van der Waals surface area contributed by atoms with Gasteiger partial charge in [0, 0.05) is 31.4 Å². The van der Waals surface area contributed by atoms with E-state index in [1.54, 1.807) is 0 Å². The Labute approximate surface area is 109 Å². The number of nitrogens with two attached hydrogens (primary N) is 1. The fraction of sp³-hybridized carbons (Fsp3) is 1.00. The summed E-state index contributed by atoms with van der Waals surface area (Å²) in [6.07, 6.45) is 4.33. The highest BCUT2D eigenvalue weighted by Gasteiger charge is 2.59. The van der Waals surface area contributed by atoms with Gasteiger partial charge >= 0.3 is 0 Å². The first kappa shape index (κ1) is 14.2. The number of aliphatic hydroxyl groups is 1. The molecule has 106 valence electrons. The SMILES string of the molecule is CS(=O)(=O)C1CCCC1(O)C1(CN)CCOCC1. The Hall–Kier alpha value is -0.170. The summed E-state index contributed by atoms with van der Waals surface area (Å²) in [6.45, 7) is 1.42. The molecule has 5 nitrogen and oxygen atoms in total. The van der Waals surface area contributed by atoms with Gasteiger partial charge in [0.05, 0.1) is 10.9 Å². The van der Waals surface area contributed by atoms with Crippen molar-refractivity contribution in [3.8, 4) is 0 Å². The van der Waals surface area contributed by atoms with Gasteiger partial charge in [0.1, 0.15) is 0 Å². The minimum atomic E-state index is -3.25. The van der Waals surface area contributed by atoms with E-state index in [1.165, 1.54) is 6.26 Å². The Bertz CT molecular complexity index is 402. The molecule has 2 aliphatic rings. The lowest BCUT2D eigenvalue weighted by Gasteiger charge is -2.49. The molecule has 1 aliphatic carbocycles. The van der Waals surface area contributed by atoms with E-state index in [2.05, 4.69) is 0 Å². The molecule has 0 bridgehead atoms. The summed E-state index contributed by atoms with van der Waals surface area (Å²) in [7, 11) is -3.25. The van der Waals surface area contributed by atoms with Gasteiger partial charge in [-0.25, -0.2) is 8.42 Å². The van der Waals surface area contributed by atoms with Crippen LogP contribution in [0.3, 0.4) is 0 Å². The molecule has 0 radical (unpaired) electrons. The predicted molar refractivity (Wildman–Crippen MR) is 69.0 cm³/mol. The third kappa shape index (κ3) is 2.09. The fourth-order valence-electron chi connectivity index (χ4n) is 3.71. The summed E-state index contributed by atoms with van der Waals surface area (Å²) < 4.78 is 29.2. The number of ether oxygens (including phenoxy) is 1.